The quantitative estimate of drug-likeness (QED) is 0.828. The van der Waals surface area contributed by atoms with Crippen molar-refractivity contribution in [3.8, 4) is 0 Å². The zero-order valence-corrected chi connectivity index (χ0v) is 12.6. The van der Waals surface area contributed by atoms with E-state index >= 15 is 0 Å². The number of likely N-dealkylation sites (N-methyl/N-ethyl adjacent to an activating group) is 1. The van der Waals surface area contributed by atoms with Gasteiger partial charge in [-0.3, -0.25) is 0 Å². The topological polar surface area (TPSA) is 12.0 Å². The number of aryl methyl sites for hydroxylation is 1. The molecule has 0 bridgehead atoms. The molecule has 3 rings (SSSR count). The van der Waals surface area contributed by atoms with Gasteiger partial charge in [-0.15, -0.1) is 11.3 Å². The lowest BCUT2D eigenvalue weighted by molar-refractivity contribution is 0.599. The van der Waals surface area contributed by atoms with E-state index in [-0.39, 0.29) is 0 Å². The first-order valence-corrected chi connectivity index (χ1v) is 8.91. The molecule has 0 saturated carbocycles. The van der Waals surface area contributed by atoms with Crippen molar-refractivity contribution in [3.63, 3.8) is 0 Å². The highest BCUT2D eigenvalue weighted by Crippen LogP contribution is 2.38. The number of allylic oxidation sites excluding steroid dienone is 1. The highest BCUT2D eigenvalue weighted by atomic mass is 32.2. The van der Waals surface area contributed by atoms with Crippen molar-refractivity contribution >= 4 is 23.1 Å². The van der Waals surface area contributed by atoms with Gasteiger partial charge in [-0.05, 0) is 56.5 Å². The van der Waals surface area contributed by atoms with E-state index in [1.165, 1.54) is 48.5 Å². The van der Waals surface area contributed by atoms with Crippen molar-refractivity contribution in [1.29, 1.82) is 0 Å². The van der Waals surface area contributed by atoms with Crippen molar-refractivity contribution in [2.24, 2.45) is 0 Å². The molecule has 1 aromatic heterocycles. The average molecular weight is 279 g/mol. The number of thiophene rings is 1. The highest BCUT2D eigenvalue weighted by Gasteiger charge is 2.21. The summed E-state index contributed by atoms with van der Waals surface area (Å²) in [6.45, 7) is 0. The third kappa shape index (κ3) is 2.54. The fourth-order valence-corrected chi connectivity index (χ4v) is 5.48. The zero-order valence-electron chi connectivity index (χ0n) is 11.0. The normalized spacial score (nSPS) is 21.3. The largest absolute Gasteiger partial charge is 0.309 e. The summed E-state index contributed by atoms with van der Waals surface area (Å²) in [6.07, 6.45) is 9.04. The Kier molecular flexibility index (Phi) is 4.12. The first-order chi connectivity index (χ1) is 8.88. The maximum absolute atomic E-state index is 3.53. The minimum absolute atomic E-state index is 0.478. The Morgan fingerprint density at radius 3 is 2.94 bits per heavy atom. The Bertz CT molecular complexity index is 424. The molecule has 98 valence electrons. The van der Waals surface area contributed by atoms with Crippen molar-refractivity contribution in [2.45, 2.75) is 43.9 Å². The summed E-state index contributed by atoms with van der Waals surface area (Å²) < 4.78 is 0. The fraction of sp³-hybridized carbons (Fsp3) is 0.600. The Hall–Kier alpha value is -0.250. The molecule has 0 spiro atoms. The van der Waals surface area contributed by atoms with E-state index in [1.807, 2.05) is 11.3 Å². The molecule has 0 saturated heterocycles. The molecule has 1 aliphatic heterocycles. The summed E-state index contributed by atoms with van der Waals surface area (Å²) in [6, 6.07) is 2.94. The predicted octanol–water partition coefficient (Wildman–Crippen LogP) is 4.30. The molecule has 1 aromatic rings. The van der Waals surface area contributed by atoms with Crippen molar-refractivity contribution in [2.75, 3.05) is 12.8 Å². The zero-order chi connectivity index (χ0) is 12.4. The van der Waals surface area contributed by atoms with Gasteiger partial charge in [-0.25, -0.2) is 0 Å². The number of rotatable bonds is 3. The van der Waals surface area contributed by atoms with Gasteiger partial charge in [0.1, 0.15) is 0 Å². The minimum atomic E-state index is 0.478. The van der Waals surface area contributed by atoms with Crippen molar-refractivity contribution in [1.82, 2.24) is 5.32 Å². The maximum Gasteiger partial charge on any atom is 0.0628 e. The van der Waals surface area contributed by atoms with Gasteiger partial charge >= 0.3 is 0 Å². The lowest BCUT2D eigenvalue weighted by Gasteiger charge is -2.21. The van der Waals surface area contributed by atoms with Gasteiger partial charge in [0.15, 0.2) is 0 Å². The third-order valence-corrected chi connectivity index (χ3v) is 6.23. The lowest BCUT2D eigenvalue weighted by Crippen LogP contribution is -2.18. The molecule has 0 radical (unpaired) electrons. The van der Waals surface area contributed by atoms with Crippen LogP contribution in [-0.4, -0.2) is 12.8 Å². The van der Waals surface area contributed by atoms with Gasteiger partial charge in [0.2, 0.25) is 0 Å². The second-order valence-corrected chi connectivity index (χ2v) is 7.42. The van der Waals surface area contributed by atoms with Crippen LogP contribution in [0.4, 0.5) is 0 Å². The van der Waals surface area contributed by atoms with E-state index in [2.05, 4.69) is 36.3 Å². The summed E-state index contributed by atoms with van der Waals surface area (Å²) in [4.78, 5) is 3.18. The summed E-state index contributed by atoms with van der Waals surface area (Å²) in [5.74, 6) is 2.53. The van der Waals surface area contributed by atoms with Gasteiger partial charge in [0.05, 0.1) is 6.04 Å². The molecule has 0 fully saturated rings. The summed E-state index contributed by atoms with van der Waals surface area (Å²) in [5, 5.41) is 3.53. The SMILES string of the molecule is CNC(C1=CCCCC1)c1cc2c(s1)CCSC2. The van der Waals surface area contributed by atoms with Crippen LogP contribution in [-0.2, 0) is 12.2 Å². The summed E-state index contributed by atoms with van der Waals surface area (Å²) >= 11 is 4.12. The Labute approximate surface area is 118 Å². The van der Waals surface area contributed by atoms with Crippen LogP contribution in [0.15, 0.2) is 17.7 Å². The molecule has 1 nitrogen and oxygen atoms in total. The molecule has 1 atom stereocenters. The van der Waals surface area contributed by atoms with Gasteiger partial charge in [-0.1, -0.05) is 11.6 Å². The lowest BCUT2D eigenvalue weighted by atomic mass is 9.93. The Morgan fingerprint density at radius 1 is 1.28 bits per heavy atom. The van der Waals surface area contributed by atoms with Crippen molar-refractivity contribution < 1.29 is 0 Å². The minimum Gasteiger partial charge on any atom is -0.309 e. The standard InChI is InChI=1S/C15H21NS2/c1-16-15(11-5-3-2-4-6-11)14-9-12-10-17-8-7-13(12)18-14/h5,9,15-16H,2-4,6-8,10H2,1H3. The molecule has 2 aliphatic rings. The van der Waals surface area contributed by atoms with E-state index in [0.717, 1.165) is 0 Å². The number of hydrogen-bond acceptors (Lipinski definition) is 3. The fourth-order valence-electron chi connectivity index (χ4n) is 2.95. The average Bonchev–Trinajstić information content (AvgIpc) is 2.84. The molecule has 3 heteroatoms. The molecular weight excluding hydrogens is 258 g/mol. The van der Waals surface area contributed by atoms with Crippen LogP contribution < -0.4 is 5.32 Å². The van der Waals surface area contributed by atoms with Crippen LogP contribution in [0.1, 0.15) is 47.0 Å². The molecule has 1 aliphatic carbocycles. The van der Waals surface area contributed by atoms with Crippen LogP contribution in [0, 0.1) is 0 Å². The summed E-state index contributed by atoms with van der Waals surface area (Å²) in [7, 11) is 2.10. The van der Waals surface area contributed by atoms with E-state index in [1.54, 1.807) is 16.0 Å². The maximum atomic E-state index is 3.53. The molecular formula is C15H21NS2. The number of nitrogens with one attached hydrogen (secondary N) is 1. The number of hydrogen-bond donors (Lipinski definition) is 1. The molecule has 18 heavy (non-hydrogen) atoms. The van der Waals surface area contributed by atoms with Gasteiger partial charge in [0.25, 0.3) is 0 Å². The van der Waals surface area contributed by atoms with E-state index in [0.29, 0.717) is 6.04 Å². The van der Waals surface area contributed by atoms with Crippen molar-refractivity contribution in [3.05, 3.63) is 33.0 Å². The van der Waals surface area contributed by atoms with E-state index in [4.69, 9.17) is 0 Å². The van der Waals surface area contributed by atoms with Crippen LogP contribution in [0.5, 0.6) is 0 Å². The highest BCUT2D eigenvalue weighted by molar-refractivity contribution is 7.98. The Morgan fingerprint density at radius 2 is 2.22 bits per heavy atom. The monoisotopic (exact) mass is 279 g/mol. The number of thioether (sulfide) groups is 1. The van der Waals surface area contributed by atoms with Crippen LogP contribution in [0.3, 0.4) is 0 Å². The van der Waals surface area contributed by atoms with Crippen LogP contribution in [0.2, 0.25) is 0 Å². The van der Waals surface area contributed by atoms with Crippen LogP contribution >= 0.6 is 23.1 Å². The number of fused-ring (bicyclic) bond motifs is 1. The van der Waals surface area contributed by atoms with Gasteiger partial charge < -0.3 is 5.32 Å². The van der Waals surface area contributed by atoms with Gasteiger partial charge in [0, 0.05) is 15.5 Å². The van der Waals surface area contributed by atoms with Gasteiger partial charge in [-0.2, -0.15) is 11.8 Å². The van der Waals surface area contributed by atoms with Crippen LogP contribution in [0.25, 0.3) is 0 Å². The first kappa shape index (κ1) is 12.8. The first-order valence-electron chi connectivity index (χ1n) is 6.94. The Balaban J connectivity index is 1.86. The molecule has 0 aromatic carbocycles. The second kappa shape index (κ2) is 5.81. The molecule has 2 heterocycles. The summed E-state index contributed by atoms with van der Waals surface area (Å²) in [5.41, 5.74) is 3.22. The third-order valence-electron chi connectivity index (χ3n) is 3.92. The molecule has 1 unspecified atom stereocenters. The van der Waals surface area contributed by atoms with E-state index in [9.17, 15) is 0 Å². The molecule has 0 amide bonds. The second-order valence-electron chi connectivity index (χ2n) is 5.15. The molecule has 1 N–H and O–H groups in total. The smallest absolute Gasteiger partial charge is 0.0628 e. The van der Waals surface area contributed by atoms with E-state index < -0.39 is 0 Å². The predicted molar refractivity (Wildman–Crippen MR) is 82.5 cm³/mol.